The molecule has 5 N–H and O–H groups in total. The van der Waals surface area contributed by atoms with Crippen LogP contribution in [0, 0.1) is 5.92 Å². The molecule has 0 saturated heterocycles. The van der Waals surface area contributed by atoms with E-state index in [-0.39, 0.29) is 26.0 Å². The summed E-state index contributed by atoms with van der Waals surface area (Å²) in [5, 5.41) is 13.7. The topological polar surface area (TPSA) is 190 Å². The van der Waals surface area contributed by atoms with Gasteiger partial charge in [-0.3, -0.25) is 24.0 Å². The van der Waals surface area contributed by atoms with Gasteiger partial charge in [0.25, 0.3) is 0 Å². The van der Waals surface area contributed by atoms with Crippen LogP contribution in [0.4, 0.5) is 4.79 Å². The van der Waals surface area contributed by atoms with Gasteiger partial charge in [-0.25, -0.2) is 4.79 Å². The third-order valence-corrected chi connectivity index (χ3v) is 9.30. The van der Waals surface area contributed by atoms with Crippen molar-refractivity contribution in [3.05, 3.63) is 95.6 Å². The average molecular weight is 800 g/mol. The Kier molecular flexibility index (Phi) is 17.1. The van der Waals surface area contributed by atoms with Crippen molar-refractivity contribution in [2.24, 2.45) is 5.92 Å². The number of rotatable bonds is 13. The molecular formula is C44H57N5O9. The fourth-order valence-electron chi connectivity index (χ4n) is 6.48. The quantitative estimate of drug-likeness (QED) is 0.148. The summed E-state index contributed by atoms with van der Waals surface area (Å²) in [4.78, 5) is 79.8. The Balaban J connectivity index is 1.53. The fraction of sp³-hybridized carbons (Fsp3) is 0.455. The molecule has 0 radical (unpaired) electrons. The molecule has 58 heavy (non-hydrogen) atoms. The fourth-order valence-corrected chi connectivity index (χ4v) is 6.48. The van der Waals surface area contributed by atoms with Gasteiger partial charge >= 0.3 is 12.1 Å². The third kappa shape index (κ3) is 15.2. The van der Waals surface area contributed by atoms with Crippen LogP contribution in [-0.2, 0) is 52.9 Å². The Morgan fingerprint density at radius 3 is 2.29 bits per heavy atom. The molecule has 14 heteroatoms. The predicted molar refractivity (Wildman–Crippen MR) is 218 cm³/mol. The number of amides is 5. The molecule has 4 unspecified atom stereocenters. The van der Waals surface area contributed by atoms with Crippen molar-refractivity contribution < 1.29 is 43.0 Å². The average Bonchev–Trinajstić information content (AvgIpc) is 3.18. The first-order valence-electron chi connectivity index (χ1n) is 19.9. The van der Waals surface area contributed by atoms with Gasteiger partial charge in [-0.1, -0.05) is 81.3 Å². The van der Waals surface area contributed by atoms with E-state index in [1.807, 2.05) is 74.5 Å². The maximum Gasteiger partial charge on any atom is 0.408 e. The van der Waals surface area contributed by atoms with Gasteiger partial charge in [0.05, 0.1) is 12.5 Å². The zero-order valence-corrected chi connectivity index (χ0v) is 34.1. The Hall–Kier alpha value is -5.92. The first-order chi connectivity index (χ1) is 27.7. The number of aryl methyl sites for hydroxylation is 1. The minimum atomic E-state index is -1.12. The number of carbonyl (C=O) groups excluding carboxylic acids is 6. The number of hydrogen-bond donors (Lipinski definition) is 5. The van der Waals surface area contributed by atoms with Crippen LogP contribution in [0.5, 0.6) is 11.5 Å². The normalized spacial score (nSPS) is 17.1. The van der Waals surface area contributed by atoms with Crippen molar-refractivity contribution >= 4 is 35.7 Å². The Labute approximate surface area is 340 Å². The smallest absolute Gasteiger partial charge is 0.408 e. The van der Waals surface area contributed by atoms with Gasteiger partial charge in [0, 0.05) is 12.5 Å². The van der Waals surface area contributed by atoms with Crippen LogP contribution in [0.1, 0.15) is 83.4 Å². The molecule has 3 aromatic rings. The number of carbonyl (C=O) groups is 6. The predicted octanol–water partition coefficient (Wildman–Crippen LogP) is 5.02. The first-order valence-corrected chi connectivity index (χ1v) is 19.9. The number of benzene rings is 3. The molecule has 0 aliphatic carbocycles. The lowest BCUT2D eigenvalue weighted by atomic mass is 9.90. The molecule has 5 amide bonds. The van der Waals surface area contributed by atoms with E-state index in [0.717, 1.165) is 11.1 Å². The highest BCUT2D eigenvalue weighted by Crippen LogP contribution is 2.24. The Morgan fingerprint density at radius 2 is 1.60 bits per heavy atom. The second kappa shape index (κ2) is 22.1. The minimum Gasteiger partial charge on any atom is -0.460 e. The van der Waals surface area contributed by atoms with E-state index in [4.69, 9.17) is 14.2 Å². The van der Waals surface area contributed by atoms with Gasteiger partial charge in [-0.15, -0.1) is 0 Å². The second-order valence-corrected chi connectivity index (χ2v) is 15.3. The van der Waals surface area contributed by atoms with Crippen molar-refractivity contribution in [1.29, 1.82) is 0 Å². The van der Waals surface area contributed by atoms with E-state index < -0.39 is 71.9 Å². The van der Waals surface area contributed by atoms with Gasteiger partial charge in [-0.05, 0) is 87.4 Å². The van der Waals surface area contributed by atoms with Crippen LogP contribution >= 0.6 is 0 Å². The van der Waals surface area contributed by atoms with Crippen molar-refractivity contribution in [2.45, 2.75) is 110 Å². The standard InChI is InChI=1S/C44H57N5O9/c1-6-12-34(40(52)46-27-39(51)56-28-30-14-9-8-10-15-30)35(13-7-2)48-42(54)37-25-31-16-11-17-33(24-31)57-32-21-18-29(19-22-32)20-23-36(41(53)45-26-38(50)47-37)49-43(55)58-44(3,4)5/h8-11,14-19,21-22,24,34-37H,6-7,12-13,20,23,25-28H2,1-5H3,(H,45,53)(H,46,52)(H,47,50)(H,48,54)(H,49,55). The molecule has 312 valence electrons. The monoisotopic (exact) mass is 799 g/mol. The summed E-state index contributed by atoms with van der Waals surface area (Å²) in [7, 11) is 0. The van der Waals surface area contributed by atoms with E-state index in [9.17, 15) is 28.8 Å². The molecule has 0 spiro atoms. The van der Waals surface area contributed by atoms with Crippen LogP contribution in [0.2, 0.25) is 0 Å². The van der Waals surface area contributed by atoms with Gasteiger partial charge in [0.1, 0.15) is 42.3 Å². The van der Waals surface area contributed by atoms with Gasteiger partial charge in [0.15, 0.2) is 0 Å². The highest BCUT2D eigenvalue weighted by molar-refractivity contribution is 5.92. The SMILES string of the molecule is CCCC(NC(=O)C1Cc2cccc(c2)Oc2ccc(cc2)CCC(NC(=O)OC(C)(C)C)C(=O)NCC(=O)N1)C(CCC)C(=O)NCC(=O)OCc1ccccc1. The first kappa shape index (κ1) is 44.8. The van der Waals surface area contributed by atoms with Gasteiger partial charge < -0.3 is 40.8 Å². The lowest BCUT2D eigenvalue weighted by Crippen LogP contribution is -2.56. The van der Waals surface area contributed by atoms with Crippen LogP contribution < -0.4 is 31.3 Å². The number of nitrogens with one attached hydrogen (secondary N) is 5. The molecule has 2 aliphatic heterocycles. The lowest BCUT2D eigenvalue weighted by molar-refractivity contribution is -0.145. The molecule has 0 fully saturated rings. The molecule has 4 bridgehead atoms. The number of alkyl carbamates (subject to hydrolysis) is 1. The summed E-state index contributed by atoms with van der Waals surface area (Å²) >= 11 is 0. The van der Waals surface area contributed by atoms with Gasteiger partial charge in [-0.2, -0.15) is 0 Å². The molecular weight excluding hydrogens is 743 g/mol. The van der Waals surface area contributed by atoms with Crippen LogP contribution in [0.15, 0.2) is 78.9 Å². The summed E-state index contributed by atoms with van der Waals surface area (Å²) in [6, 6.07) is 21.0. The highest BCUT2D eigenvalue weighted by atomic mass is 16.6. The molecule has 3 aromatic carbocycles. The maximum absolute atomic E-state index is 14.2. The largest absolute Gasteiger partial charge is 0.460 e. The highest BCUT2D eigenvalue weighted by Gasteiger charge is 2.32. The maximum atomic E-state index is 14.2. The summed E-state index contributed by atoms with van der Waals surface area (Å²) in [5.41, 5.74) is 1.61. The molecule has 14 nitrogen and oxygen atoms in total. The molecule has 2 aliphatic rings. The van der Waals surface area contributed by atoms with Crippen LogP contribution in [0.25, 0.3) is 0 Å². The van der Waals surface area contributed by atoms with Crippen LogP contribution in [0.3, 0.4) is 0 Å². The van der Waals surface area contributed by atoms with Crippen molar-refractivity contribution in [2.75, 3.05) is 13.1 Å². The summed E-state index contributed by atoms with van der Waals surface area (Å²) in [6.07, 6.45) is 2.06. The van der Waals surface area contributed by atoms with Crippen molar-refractivity contribution in [3.8, 4) is 11.5 Å². The Morgan fingerprint density at radius 1 is 0.879 bits per heavy atom. The number of esters is 1. The minimum absolute atomic E-state index is 0.0568. The van der Waals surface area contributed by atoms with E-state index >= 15 is 0 Å². The molecule has 2 heterocycles. The third-order valence-electron chi connectivity index (χ3n) is 9.30. The van der Waals surface area contributed by atoms with Crippen LogP contribution in [-0.4, -0.2) is 72.5 Å². The van der Waals surface area contributed by atoms with E-state index in [1.165, 1.54) is 0 Å². The van der Waals surface area contributed by atoms with E-state index in [0.29, 0.717) is 49.2 Å². The molecule has 4 atom stereocenters. The van der Waals surface area contributed by atoms with Crippen molar-refractivity contribution in [3.63, 3.8) is 0 Å². The summed E-state index contributed by atoms with van der Waals surface area (Å²) in [6.45, 7) is 8.26. The van der Waals surface area contributed by atoms with E-state index in [1.54, 1.807) is 39.0 Å². The number of ether oxygens (including phenoxy) is 3. The summed E-state index contributed by atoms with van der Waals surface area (Å²) < 4.78 is 16.8. The number of hydrogen-bond acceptors (Lipinski definition) is 9. The lowest BCUT2D eigenvalue weighted by Gasteiger charge is -2.29. The van der Waals surface area contributed by atoms with E-state index in [2.05, 4.69) is 26.6 Å². The van der Waals surface area contributed by atoms with Crippen molar-refractivity contribution in [1.82, 2.24) is 26.6 Å². The number of fused-ring (bicyclic) bond motifs is 11. The zero-order valence-electron chi connectivity index (χ0n) is 34.1. The second-order valence-electron chi connectivity index (χ2n) is 15.3. The molecule has 0 aromatic heterocycles. The Bertz CT molecular complexity index is 1850. The zero-order chi connectivity index (χ0) is 42.1. The summed E-state index contributed by atoms with van der Waals surface area (Å²) in [5.74, 6) is -2.35. The molecule has 5 rings (SSSR count). The van der Waals surface area contributed by atoms with Gasteiger partial charge in [0.2, 0.25) is 23.6 Å². The molecule has 0 saturated carbocycles.